The highest BCUT2D eigenvalue weighted by Crippen LogP contribution is 2.31. The highest BCUT2D eigenvalue weighted by Gasteiger charge is 2.20. The van der Waals surface area contributed by atoms with Crippen LogP contribution in [0.3, 0.4) is 0 Å². The average Bonchev–Trinajstić information content (AvgIpc) is 2.87. The van der Waals surface area contributed by atoms with Gasteiger partial charge >= 0.3 is 0 Å². The molecule has 1 amide bonds. The number of carbonyl (C=O) groups is 1. The van der Waals surface area contributed by atoms with E-state index < -0.39 is 0 Å². The molecule has 2 aromatic rings. The van der Waals surface area contributed by atoms with Gasteiger partial charge in [-0.05, 0) is 49.4 Å². The minimum Gasteiger partial charge on any atom is -0.322 e. The highest BCUT2D eigenvalue weighted by atomic mass is 35.5. The maximum atomic E-state index is 12.4. The number of hydrogen-bond donors (Lipinski definition) is 1. The summed E-state index contributed by atoms with van der Waals surface area (Å²) in [7, 11) is 0. The largest absolute Gasteiger partial charge is 0.322 e. The molecule has 0 fully saturated rings. The van der Waals surface area contributed by atoms with Crippen molar-refractivity contribution in [2.75, 3.05) is 5.32 Å². The molecule has 5 heteroatoms. The highest BCUT2D eigenvalue weighted by molar-refractivity contribution is 7.10. The first kappa shape index (κ1) is 13.9. The number of halogens is 2. The van der Waals surface area contributed by atoms with Crippen LogP contribution >= 0.6 is 34.5 Å². The van der Waals surface area contributed by atoms with Gasteiger partial charge in [-0.25, -0.2) is 0 Å². The maximum Gasteiger partial charge on any atom is 0.256 e. The number of carbonyl (C=O) groups excluding carboxylic acids is 1. The molecule has 1 aliphatic carbocycles. The number of anilines is 1. The Morgan fingerprint density at radius 3 is 2.75 bits per heavy atom. The lowest BCUT2D eigenvalue weighted by atomic mass is 9.95. The summed E-state index contributed by atoms with van der Waals surface area (Å²) in [6.45, 7) is 0. The average molecular weight is 326 g/mol. The fourth-order valence-corrected chi connectivity index (χ4v) is 3.88. The summed E-state index contributed by atoms with van der Waals surface area (Å²) in [5, 5.41) is 5.77. The van der Waals surface area contributed by atoms with Crippen LogP contribution < -0.4 is 5.32 Å². The minimum atomic E-state index is -0.0669. The number of thiophene rings is 1. The Bertz CT molecular complexity index is 666. The molecule has 0 unspecified atom stereocenters. The van der Waals surface area contributed by atoms with Crippen molar-refractivity contribution in [1.82, 2.24) is 0 Å². The van der Waals surface area contributed by atoms with Gasteiger partial charge in [0.25, 0.3) is 5.91 Å². The van der Waals surface area contributed by atoms with Gasteiger partial charge in [0.1, 0.15) is 0 Å². The van der Waals surface area contributed by atoms with Crippen LogP contribution in [-0.4, -0.2) is 5.91 Å². The first-order chi connectivity index (χ1) is 9.65. The molecule has 3 rings (SSSR count). The maximum absolute atomic E-state index is 12.4. The first-order valence-electron chi connectivity index (χ1n) is 6.51. The molecule has 20 heavy (non-hydrogen) atoms. The summed E-state index contributed by atoms with van der Waals surface area (Å²) < 4.78 is 0. The van der Waals surface area contributed by atoms with Crippen molar-refractivity contribution in [2.45, 2.75) is 25.7 Å². The smallest absolute Gasteiger partial charge is 0.256 e. The third-order valence-corrected chi connectivity index (χ3v) is 5.31. The standard InChI is InChI=1S/C15H13Cl2NOS/c16-12-6-5-9(7-13(12)17)18-15(19)11-8-20-14-4-2-1-3-10(11)14/h5-8H,1-4H2,(H,18,19). The Morgan fingerprint density at radius 2 is 1.95 bits per heavy atom. The number of aryl methyl sites for hydroxylation is 1. The van der Waals surface area contributed by atoms with Crippen molar-refractivity contribution >= 4 is 46.1 Å². The van der Waals surface area contributed by atoms with Gasteiger partial charge in [0.2, 0.25) is 0 Å². The lowest BCUT2D eigenvalue weighted by Crippen LogP contribution is -2.14. The second-order valence-corrected chi connectivity index (χ2v) is 6.62. The Labute approximate surface area is 131 Å². The third-order valence-electron chi connectivity index (χ3n) is 3.48. The summed E-state index contributed by atoms with van der Waals surface area (Å²) in [5.74, 6) is -0.0669. The minimum absolute atomic E-state index is 0.0669. The van der Waals surface area contributed by atoms with Crippen molar-refractivity contribution in [3.8, 4) is 0 Å². The molecule has 1 heterocycles. The Balaban J connectivity index is 1.82. The van der Waals surface area contributed by atoms with Gasteiger partial charge in [-0.15, -0.1) is 11.3 Å². The van der Waals surface area contributed by atoms with Crippen LogP contribution in [0.5, 0.6) is 0 Å². The van der Waals surface area contributed by atoms with Gasteiger partial charge in [-0.1, -0.05) is 23.2 Å². The van der Waals surface area contributed by atoms with Crippen LogP contribution in [0, 0.1) is 0 Å². The van der Waals surface area contributed by atoms with E-state index in [1.54, 1.807) is 29.5 Å². The summed E-state index contributed by atoms with van der Waals surface area (Å²) >= 11 is 13.5. The zero-order valence-electron chi connectivity index (χ0n) is 10.7. The molecule has 0 bridgehead atoms. The van der Waals surface area contributed by atoms with Gasteiger partial charge in [0, 0.05) is 15.9 Å². The summed E-state index contributed by atoms with van der Waals surface area (Å²) in [4.78, 5) is 13.7. The topological polar surface area (TPSA) is 29.1 Å². The van der Waals surface area contributed by atoms with E-state index in [-0.39, 0.29) is 5.91 Å². The van der Waals surface area contributed by atoms with Crippen molar-refractivity contribution in [3.05, 3.63) is 49.6 Å². The number of rotatable bonds is 2. The van der Waals surface area contributed by atoms with Gasteiger partial charge in [0.05, 0.1) is 15.6 Å². The normalized spacial score (nSPS) is 13.9. The monoisotopic (exact) mass is 325 g/mol. The number of benzene rings is 1. The fourth-order valence-electron chi connectivity index (χ4n) is 2.46. The molecule has 0 saturated heterocycles. The molecule has 1 aliphatic rings. The number of amides is 1. The quantitative estimate of drug-likeness (QED) is 0.809. The predicted molar refractivity (Wildman–Crippen MR) is 85.4 cm³/mol. The zero-order chi connectivity index (χ0) is 14.1. The van der Waals surface area contributed by atoms with Crippen molar-refractivity contribution in [3.63, 3.8) is 0 Å². The third kappa shape index (κ3) is 2.71. The van der Waals surface area contributed by atoms with Crippen molar-refractivity contribution in [1.29, 1.82) is 0 Å². The molecule has 0 saturated carbocycles. The fraction of sp³-hybridized carbons (Fsp3) is 0.267. The number of fused-ring (bicyclic) bond motifs is 1. The molecule has 1 aromatic carbocycles. The van der Waals surface area contributed by atoms with Crippen LogP contribution in [0.1, 0.15) is 33.6 Å². The summed E-state index contributed by atoms with van der Waals surface area (Å²) in [6.07, 6.45) is 4.49. The van der Waals surface area contributed by atoms with E-state index in [0.717, 1.165) is 24.8 Å². The predicted octanol–water partition coefficient (Wildman–Crippen LogP) is 5.19. The zero-order valence-corrected chi connectivity index (χ0v) is 13.0. The van der Waals surface area contributed by atoms with E-state index in [1.165, 1.54) is 16.9 Å². The van der Waals surface area contributed by atoms with E-state index >= 15 is 0 Å². The Morgan fingerprint density at radius 1 is 1.15 bits per heavy atom. The van der Waals surface area contributed by atoms with E-state index in [0.29, 0.717) is 15.7 Å². The molecule has 0 spiro atoms. The molecular formula is C15H13Cl2NOS. The lowest BCUT2D eigenvalue weighted by Gasteiger charge is -2.13. The van der Waals surface area contributed by atoms with Crippen LogP contribution in [0.2, 0.25) is 10.0 Å². The lowest BCUT2D eigenvalue weighted by molar-refractivity contribution is 0.102. The van der Waals surface area contributed by atoms with Gasteiger partial charge in [-0.3, -0.25) is 4.79 Å². The van der Waals surface area contributed by atoms with Gasteiger partial charge < -0.3 is 5.32 Å². The van der Waals surface area contributed by atoms with Crippen LogP contribution in [-0.2, 0) is 12.8 Å². The number of nitrogens with one attached hydrogen (secondary N) is 1. The van der Waals surface area contributed by atoms with Crippen LogP contribution in [0.15, 0.2) is 23.6 Å². The molecule has 1 N–H and O–H groups in total. The van der Waals surface area contributed by atoms with E-state index in [9.17, 15) is 4.79 Å². The first-order valence-corrected chi connectivity index (χ1v) is 8.14. The van der Waals surface area contributed by atoms with E-state index in [2.05, 4.69) is 5.32 Å². The molecule has 104 valence electrons. The van der Waals surface area contributed by atoms with Crippen molar-refractivity contribution in [2.24, 2.45) is 0 Å². The molecule has 1 aromatic heterocycles. The van der Waals surface area contributed by atoms with Crippen LogP contribution in [0.25, 0.3) is 0 Å². The summed E-state index contributed by atoms with van der Waals surface area (Å²) in [5.41, 5.74) is 2.69. The van der Waals surface area contributed by atoms with E-state index in [4.69, 9.17) is 23.2 Å². The SMILES string of the molecule is O=C(Nc1ccc(Cl)c(Cl)c1)c1csc2c1CCCC2. The second-order valence-electron chi connectivity index (χ2n) is 4.84. The molecule has 0 atom stereocenters. The second kappa shape index (κ2) is 5.76. The van der Waals surface area contributed by atoms with Gasteiger partial charge in [0.15, 0.2) is 0 Å². The molecular weight excluding hydrogens is 313 g/mol. The Kier molecular flexibility index (Phi) is 4.01. The summed E-state index contributed by atoms with van der Waals surface area (Å²) in [6, 6.07) is 5.11. The van der Waals surface area contributed by atoms with E-state index in [1.807, 2.05) is 5.38 Å². The van der Waals surface area contributed by atoms with Crippen molar-refractivity contribution < 1.29 is 4.79 Å². The molecule has 2 nitrogen and oxygen atoms in total. The molecule has 0 aliphatic heterocycles. The molecule has 0 radical (unpaired) electrons. The number of hydrogen-bond acceptors (Lipinski definition) is 2. The van der Waals surface area contributed by atoms with Crippen LogP contribution in [0.4, 0.5) is 5.69 Å². The van der Waals surface area contributed by atoms with Gasteiger partial charge in [-0.2, -0.15) is 0 Å². The Hall–Kier alpha value is -1.03.